The SMILES string of the molecule is CN(C)CC#CCc1ccc(N2C(=O)C3C4C=CC(C4)C3C2=O)cc1.Cl. The van der Waals surface area contributed by atoms with Gasteiger partial charge in [-0.15, -0.1) is 12.4 Å². The van der Waals surface area contributed by atoms with E-state index in [0.717, 1.165) is 18.5 Å². The summed E-state index contributed by atoms with van der Waals surface area (Å²) in [6.45, 7) is 0.744. The number of imide groups is 1. The molecule has 1 saturated carbocycles. The van der Waals surface area contributed by atoms with E-state index >= 15 is 0 Å². The predicted octanol–water partition coefficient (Wildman–Crippen LogP) is 2.53. The highest BCUT2D eigenvalue weighted by Crippen LogP contribution is 2.53. The second kappa shape index (κ2) is 7.26. The molecule has 2 aliphatic carbocycles. The normalized spacial score (nSPS) is 28.2. The van der Waals surface area contributed by atoms with Crippen LogP contribution >= 0.6 is 12.4 Å². The molecule has 1 heterocycles. The van der Waals surface area contributed by atoms with Gasteiger partial charge in [-0.3, -0.25) is 19.4 Å². The Labute approximate surface area is 160 Å². The number of hydrogen-bond donors (Lipinski definition) is 0. The molecule has 1 aliphatic heterocycles. The predicted molar refractivity (Wildman–Crippen MR) is 104 cm³/mol. The van der Waals surface area contributed by atoms with E-state index < -0.39 is 0 Å². The summed E-state index contributed by atoms with van der Waals surface area (Å²) in [4.78, 5) is 29.0. The highest BCUT2D eigenvalue weighted by Gasteiger charge is 2.59. The lowest BCUT2D eigenvalue weighted by Gasteiger charge is -2.17. The van der Waals surface area contributed by atoms with Crippen molar-refractivity contribution < 1.29 is 9.59 Å². The molecule has 2 amide bonds. The monoisotopic (exact) mass is 370 g/mol. The van der Waals surface area contributed by atoms with Gasteiger partial charge < -0.3 is 0 Å². The molecule has 2 fully saturated rings. The molecule has 4 unspecified atom stereocenters. The maximum absolute atomic E-state index is 12.8. The largest absolute Gasteiger partial charge is 0.299 e. The quantitative estimate of drug-likeness (QED) is 0.466. The molecule has 136 valence electrons. The Balaban J connectivity index is 0.00000196. The second-order valence-corrected chi connectivity index (χ2v) is 7.45. The van der Waals surface area contributed by atoms with E-state index in [4.69, 9.17) is 0 Å². The summed E-state index contributed by atoms with van der Waals surface area (Å²) in [5, 5.41) is 0. The number of halogens is 1. The van der Waals surface area contributed by atoms with Crippen LogP contribution in [0.3, 0.4) is 0 Å². The minimum absolute atomic E-state index is 0. The van der Waals surface area contributed by atoms with Crippen LogP contribution in [0.2, 0.25) is 0 Å². The Hall–Kier alpha value is -2.09. The molecule has 4 nitrogen and oxygen atoms in total. The van der Waals surface area contributed by atoms with Gasteiger partial charge in [0.25, 0.3) is 0 Å². The molecule has 1 saturated heterocycles. The average Bonchev–Trinajstić information content (AvgIpc) is 3.26. The van der Waals surface area contributed by atoms with Crippen molar-refractivity contribution in [2.24, 2.45) is 23.7 Å². The molecule has 1 aromatic rings. The number of hydrogen-bond acceptors (Lipinski definition) is 3. The molecule has 0 spiro atoms. The van der Waals surface area contributed by atoms with Crippen LogP contribution < -0.4 is 4.90 Å². The lowest BCUT2D eigenvalue weighted by molar-refractivity contribution is -0.123. The molecule has 0 radical (unpaired) electrons. The first-order valence-electron chi connectivity index (χ1n) is 8.82. The van der Waals surface area contributed by atoms with E-state index in [9.17, 15) is 9.59 Å². The second-order valence-electron chi connectivity index (χ2n) is 7.45. The zero-order valence-corrected chi connectivity index (χ0v) is 15.8. The van der Waals surface area contributed by atoms with Crippen LogP contribution in [-0.2, 0) is 16.0 Å². The Morgan fingerprint density at radius 3 is 2.12 bits per heavy atom. The van der Waals surface area contributed by atoms with Crippen LogP contribution in [0.1, 0.15) is 12.0 Å². The molecule has 3 aliphatic rings. The number of anilines is 1. The van der Waals surface area contributed by atoms with Crippen molar-refractivity contribution in [3.63, 3.8) is 0 Å². The molecule has 1 aromatic carbocycles. The van der Waals surface area contributed by atoms with Crippen molar-refractivity contribution in [1.29, 1.82) is 0 Å². The molecular weight excluding hydrogens is 348 g/mol. The zero-order valence-electron chi connectivity index (χ0n) is 15.0. The van der Waals surface area contributed by atoms with E-state index in [0.29, 0.717) is 12.1 Å². The number of carbonyl (C=O) groups excluding carboxylic acids is 2. The van der Waals surface area contributed by atoms with E-state index in [1.54, 1.807) is 0 Å². The van der Waals surface area contributed by atoms with Gasteiger partial charge in [0.15, 0.2) is 0 Å². The number of nitrogens with zero attached hydrogens (tertiary/aromatic N) is 2. The summed E-state index contributed by atoms with van der Waals surface area (Å²) >= 11 is 0. The van der Waals surface area contributed by atoms with Crippen LogP contribution in [0.25, 0.3) is 0 Å². The maximum atomic E-state index is 12.8. The van der Waals surface area contributed by atoms with Gasteiger partial charge in [-0.2, -0.15) is 0 Å². The molecule has 4 atom stereocenters. The van der Waals surface area contributed by atoms with Crippen molar-refractivity contribution in [3.05, 3.63) is 42.0 Å². The van der Waals surface area contributed by atoms with Gasteiger partial charge in [0.1, 0.15) is 0 Å². The van der Waals surface area contributed by atoms with Crippen LogP contribution in [-0.4, -0.2) is 37.4 Å². The summed E-state index contributed by atoms with van der Waals surface area (Å²) in [7, 11) is 3.98. The Morgan fingerprint density at radius 2 is 1.58 bits per heavy atom. The van der Waals surface area contributed by atoms with Crippen molar-refractivity contribution in [2.45, 2.75) is 12.8 Å². The lowest BCUT2D eigenvalue weighted by atomic mass is 9.85. The first-order chi connectivity index (χ1) is 12.1. The molecule has 5 heteroatoms. The van der Waals surface area contributed by atoms with Crippen LogP contribution in [0.15, 0.2) is 36.4 Å². The van der Waals surface area contributed by atoms with Gasteiger partial charge in [-0.1, -0.05) is 36.1 Å². The van der Waals surface area contributed by atoms with E-state index in [2.05, 4.69) is 24.0 Å². The molecule has 0 aromatic heterocycles. The molecule has 0 N–H and O–H groups in total. The van der Waals surface area contributed by atoms with Gasteiger partial charge in [-0.05, 0) is 50.0 Å². The van der Waals surface area contributed by atoms with Gasteiger partial charge in [0.05, 0.1) is 24.1 Å². The highest BCUT2D eigenvalue weighted by atomic mass is 35.5. The van der Waals surface area contributed by atoms with Gasteiger partial charge in [0.2, 0.25) is 11.8 Å². The number of fused-ring (bicyclic) bond motifs is 5. The van der Waals surface area contributed by atoms with E-state index in [-0.39, 0.29) is 47.9 Å². The molecule has 4 rings (SSSR count). The summed E-state index contributed by atoms with van der Waals surface area (Å²) in [6, 6.07) is 7.66. The Bertz CT molecular complexity index is 774. The fourth-order valence-electron chi connectivity index (χ4n) is 4.30. The molecule has 26 heavy (non-hydrogen) atoms. The summed E-state index contributed by atoms with van der Waals surface area (Å²) in [6.07, 6.45) is 5.88. The lowest BCUT2D eigenvalue weighted by Crippen LogP contribution is -2.32. The topological polar surface area (TPSA) is 40.6 Å². The van der Waals surface area contributed by atoms with Crippen LogP contribution in [0.5, 0.6) is 0 Å². The number of allylic oxidation sites excluding steroid dienone is 2. The number of benzene rings is 1. The zero-order chi connectivity index (χ0) is 17.6. The maximum Gasteiger partial charge on any atom is 0.238 e. The van der Waals surface area contributed by atoms with Crippen molar-refractivity contribution >= 4 is 29.9 Å². The minimum Gasteiger partial charge on any atom is -0.299 e. The molecular formula is C21H23ClN2O2. The van der Waals surface area contributed by atoms with Gasteiger partial charge >= 0.3 is 0 Å². The third-order valence-electron chi connectivity index (χ3n) is 5.48. The Kier molecular flexibility index (Phi) is 5.22. The van der Waals surface area contributed by atoms with Crippen molar-refractivity contribution in [3.8, 4) is 11.8 Å². The van der Waals surface area contributed by atoms with E-state index in [1.807, 2.05) is 43.3 Å². The Morgan fingerprint density at radius 1 is 1.00 bits per heavy atom. The van der Waals surface area contributed by atoms with Crippen molar-refractivity contribution in [1.82, 2.24) is 4.90 Å². The summed E-state index contributed by atoms with van der Waals surface area (Å²) in [5.74, 6) is 6.44. The van der Waals surface area contributed by atoms with Gasteiger partial charge in [0, 0.05) is 6.42 Å². The smallest absolute Gasteiger partial charge is 0.238 e. The van der Waals surface area contributed by atoms with Gasteiger partial charge in [-0.25, -0.2) is 0 Å². The first-order valence-corrected chi connectivity index (χ1v) is 8.82. The van der Waals surface area contributed by atoms with Crippen molar-refractivity contribution in [2.75, 3.05) is 25.5 Å². The average molecular weight is 371 g/mol. The summed E-state index contributed by atoms with van der Waals surface area (Å²) in [5.41, 5.74) is 1.78. The number of amides is 2. The number of rotatable bonds is 3. The van der Waals surface area contributed by atoms with Crippen LogP contribution in [0, 0.1) is 35.5 Å². The number of carbonyl (C=O) groups is 2. The molecule has 2 bridgehead atoms. The fraction of sp³-hybridized carbons (Fsp3) is 0.429. The standard InChI is InChI=1S/C21H22N2O2.ClH/c1-22(2)12-4-3-5-14-6-10-17(11-7-14)23-20(24)18-15-8-9-16(13-15)19(18)21(23)25;/h6-11,15-16,18-19H,5,12-13H2,1-2H3;1H. The minimum atomic E-state index is -0.140. The third-order valence-corrected chi connectivity index (χ3v) is 5.48. The fourth-order valence-corrected chi connectivity index (χ4v) is 4.30. The van der Waals surface area contributed by atoms with Crippen LogP contribution in [0.4, 0.5) is 5.69 Å². The van der Waals surface area contributed by atoms with E-state index in [1.165, 1.54) is 4.90 Å². The highest BCUT2D eigenvalue weighted by molar-refractivity contribution is 6.22. The first kappa shape index (κ1) is 18.7. The third kappa shape index (κ3) is 3.06. The summed E-state index contributed by atoms with van der Waals surface area (Å²) < 4.78 is 0.